The van der Waals surface area contributed by atoms with Crippen LogP contribution in [-0.2, 0) is 10.0 Å². The maximum absolute atomic E-state index is 14.3. The third kappa shape index (κ3) is 5.07. The second kappa shape index (κ2) is 9.58. The third-order valence-corrected chi connectivity index (χ3v) is 5.72. The zero-order chi connectivity index (χ0) is 21.6. The van der Waals surface area contributed by atoms with E-state index in [4.69, 9.17) is 9.47 Å². The van der Waals surface area contributed by atoms with Gasteiger partial charge in [-0.05, 0) is 42.8 Å². The molecule has 0 saturated heterocycles. The van der Waals surface area contributed by atoms with Crippen molar-refractivity contribution in [2.75, 3.05) is 18.4 Å². The van der Waals surface area contributed by atoms with Crippen LogP contribution >= 0.6 is 0 Å². The molecule has 0 fully saturated rings. The first kappa shape index (κ1) is 21.6. The number of sulfonamides is 1. The molecular weight excluding hydrogens is 407 g/mol. The Morgan fingerprint density at radius 1 is 1.07 bits per heavy atom. The number of aromatic nitrogens is 1. The summed E-state index contributed by atoms with van der Waals surface area (Å²) in [6.07, 6.45) is 1.82. The molecule has 30 heavy (non-hydrogen) atoms. The maximum atomic E-state index is 14.3. The fourth-order valence-corrected chi connectivity index (χ4v) is 3.85. The highest BCUT2D eigenvalue weighted by Gasteiger charge is 2.19. The van der Waals surface area contributed by atoms with Crippen molar-refractivity contribution in [1.29, 1.82) is 0 Å². The van der Waals surface area contributed by atoms with Gasteiger partial charge in [0.1, 0.15) is 0 Å². The fourth-order valence-electron chi connectivity index (χ4n) is 2.76. The number of unbranched alkanes of at least 4 members (excludes halogenated alkanes) is 1. The molecule has 3 aromatic rings. The number of hydrogen-bond donors (Lipinski definition) is 1. The Balaban J connectivity index is 2.02. The molecule has 0 unspecified atom stereocenters. The zero-order valence-corrected chi connectivity index (χ0v) is 17.6. The van der Waals surface area contributed by atoms with Crippen molar-refractivity contribution < 1.29 is 22.3 Å². The highest BCUT2D eigenvalue weighted by molar-refractivity contribution is 7.92. The van der Waals surface area contributed by atoms with Crippen LogP contribution in [-0.4, -0.2) is 27.1 Å². The van der Waals surface area contributed by atoms with Crippen LogP contribution in [0, 0.1) is 5.82 Å². The van der Waals surface area contributed by atoms with Crippen LogP contribution in [0.2, 0.25) is 0 Å². The fraction of sp³-hybridized carbons (Fsp3) is 0.227. The lowest BCUT2D eigenvalue weighted by Gasteiger charge is -2.14. The van der Waals surface area contributed by atoms with Crippen molar-refractivity contribution >= 4 is 15.7 Å². The SMILES string of the molecule is CCCCOc1ccc(NS(=O)(=O)c2ccccc2)c(-c2ccc(OC)c(F)c2)n1. The number of nitrogens with zero attached hydrogens (tertiary/aromatic N) is 1. The summed E-state index contributed by atoms with van der Waals surface area (Å²) >= 11 is 0. The Kier molecular flexibility index (Phi) is 6.89. The summed E-state index contributed by atoms with van der Waals surface area (Å²) in [5, 5.41) is 0. The first-order valence-corrected chi connectivity index (χ1v) is 11.0. The molecule has 0 bridgehead atoms. The Morgan fingerprint density at radius 2 is 1.83 bits per heavy atom. The van der Waals surface area contributed by atoms with Gasteiger partial charge in [0.25, 0.3) is 10.0 Å². The third-order valence-electron chi connectivity index (χ3n) is 4.34. The van der Waals surface area contributed by atoms with Crippen LogP contribution in [0.1, 0.15) is 19.8 Å². The lowest BCUT2D eigenvalue weighted by Crippen LogP contribution is -2.14. The van der Waals surface area contributed by atoms with Crippen LogP contribution in [0.15, 0.2) is 65.6 Å². The van der Waals surface area contributed by atoms with E-state index >= 15 is 0 Å². The van der Waals surface area contributed by atoms with E-state index in [1.165, 1.54) is 31.4 Å². The highest BCUT2D eigenvalue weighted by Crippen LogP contribution is 2.32. The quantitative estimate of drug-likeness (QED) is 0.490. The van der Waals surface area contributed by atoms with Gasteiger partial charge in [-0.25, -0.2) is 17.8 Å². The van der Waals surface area contributed by atoms with Crippen LogP contribution in [0.5, 0.6) is 11.6 Å². The molecule has 0 atom stereocenters. The predicted octanol–water partition coefficient (Wildman–Crippen LogP) is 4.88. The van der Waals surface area contributed by atoms with Crippen LogP contribution < -0.4 is 14.2 Å². The smallest absolute Gasteiger partial charge is 0.261 e. The second-order valence-corrected chi connectivity index (χ2v) is 8.20. The summed E-state index contributed by atoms with van der Waals surface area (Å²) in [6, 6.07) is 15.5. The van der Waals surface area contributed by atoms with Gasteiger partial charge in [-0.2, -0.15) is 0 Å². The molecule has 0 radical (unpaired) electrons. The van der Waals surface area contributed by atoms with Crippen molar-refractivity contribution in [1.82, 2.24) is 4.98 Å². The Hall–Kier alpha value is -3.13. The Morgan fingerprint density at radius 3 is 2.50 bits per heavy atom. The summed E-state index contributed by atoms with van der Waals surface area (Å²) in [6.45, 7) is 2.53. The molecule has 0 saturated carbocycles. The van der Waals surface area contributed by atoms with Crippen molar-refractivity contribution in [2.45, 2.75) is 24.7 Å². The van der Waals surface area contributed by atoms with Gasteiger partial charge in [0.05, 0.1) is 30.0 Å². The lowest BCUT2D eigenvalue weighted by atomic mass is 10.1. The van der Waals surface area contributed by atoms with Gasteiger partial charge in [0, 0.05) is 11.6 Å². The van der Waals surface area contributed by atoms with E-state index in [-0.39, 0.29) is 22.0 Å². The lowest BCUT2D eigenvalue weighted by molar-refractivity contribution is 0.298. The monoisotopic (exact) mass is 430 g/mol. The van der Waals surface area contributed by atoms with E-state index in [0.717, 1.165) is 12.8 Å². The number of nitrogens with one attached hydrogen (secondary N) is 1. The molecule has 2 aromatic carbocycles. The number of benzene rings is 2. The molecule has 0 aliphatic heterocycles. The van der Waals surface area contributed by atoms with E-state index < -0.39 is 15.8 Å². The molecule has 0 spiro atoms. The molecular formula is C22H23FN2O4S. The predicted molar refractivity (Wildman–Crippen MR) is 114 cm³/mol. The van der Waals surface area contributed by atoms with Crippen molar-refractivity contribution in [3.63, 3.8) is 0 Å². The van der Waals surface area contributed by atoms with E-state index in [1.807, 2.05) is 6.92 Å². The van der Waals surface area contributed by atoms with Gasteiger partial charge in [0.2, 0.25) is 5.88 Å². The van der Waals surface area contributed by atoms with Gasteiger partial charge < -0.3 is 9.47 Å². The number of ether oxygens (including phenoxy) is 2. The van der Waals surface area contributed by atoms with Crippen LogP contribution in [0.4, 0.5) is 10.1 Å². The topological polar surface area (TPSA) is 77.5 Å². The average molecular weight is 431 g/mol. The first-order chi connectivity index (χ1) is 14.4. The summed E-state index contributed by atoms with van der Waals surface area (Å²) in [7, 11) is -2.48. The Labute approximate surface area is 175 Å². The number of halogens is 1. The number of pyridine rings is 1. The minimum Gasteiger partial charge on any atom is -0.494 e. The van der Waals surface area contributed by atoms with E-state index in [0.29, 0.717) is 18.1 Å². The van der Waals surface area contributed by atoms with Gasteiger partial charge in [-0.1, -0.05) is 31.5 Å². The average Bonchev–Trinajstić information content (AvgIpc) is 2.75. The standard InChI is InChI=1S/C22H23FN2O4S/c1-3-4-14-29-21-13-11-19(25-30(26,27)17-8-6-5-7-9-17)22(24-21)16-10-12-20(28-2)18(23)15-16/h5-13,15,25H,3-4,14H2,1-2H3. The van der Waals surface area contributed by atoms with Crippen LogP contribution in [0.25, 0.3) is 11.3 Å². The summed E-state index contributed by atoms with van der Waals surface area (Å²) < 4.78 is 53.0. The first-order valence-electron chi connectivity index (χ1n) is 9.50. The molecule has 1 aromatic heterocycles. The van der Waals surface area contributed by atoms with E-state index in [9.17, 15) is 12.8 Å². The van der Waals surface area contributed by atoms with Crippen molar-refractivity contribution in [3.8, 4) is 22.9 Å². The minimum atomic E-state index is -3.85. The van der Waals surface area contributed by atoms with Crippen molar-refractivity contribution in [2.24, 2.45) is 0 Å². The summed E-state index contributed by atoms with van der Waals surface area (Å²) in [5.74, 6) is -0.163. The molecule has 1 heterocycles. The molecule has 0 amide bonds. The molecule has 0 aliphatic carbocycles. The number of methoxy groups -OCH3 is 1. The van der Waals surface area contributed by atoms with Gasteiger partial charge in [0.15, 0.2) is 11.6 Å². The number of anilines is 1. The van der Waals surface area contributed by atoms with Crippen LogP contribution in [0.3, 0.4) is 0 Å². The normalized spacial score (nSPS) is 11.2. The number of hydrogen-bond acceptors (Lipinski definition) is 5. The molecule has 6 nitrogen and oxygen atoms in total. The number of rotatable bonds is 9. The molecule has 8 heteroatoms. The molecule has 1 N–H and O–H groups in total. The Bertz CT molecular complexity index is 1110. The van der Waals surface area contributed by atoms with Gasteiger partial charge >= 0.3 is 0 Å². The highest BCUT2D eigenvalue weighted by atomic mass is 32.2. The summed E-state index contributed by atoms with van der Waals surface area (Å²) in [5.41, 5.74) is 0.858. The van der Waals surface area contributed by atoms with Crippen molar-refractivity contribution in [3.05, 3.63) is 66.5 Å². The van der Waals surface area contributed by atoms with E-state index in [1.54, 1.807) is 36.4 Å². The molecule has 3 rings (SSSR count). The summed E-state index contributed by atoms with van der Waals surface area (Å²) in [4.78, 5) is 4.54. The maximum Gasteiger partial charge on any atom is 0.261 e. The zero-order valence-electron chi connectivity index (χ0n) is 16.8. The largest absolute Gasteiger partial charge is 0.494 e. The van der Waals surface area contributed by atoms with E-state index in [2.05, 4.69) is 9.71 Å². The second-order valence-electron chi connectivity index (χ2n) is 6.52. The molecule has 158 valence electrons. The van der Waals surface area contributed by atoms with Gasteiger partial charge in [-0.15, -0.1) is 0 Å². The minimum absolute atomic E-state index is 0.0838. The van der Waals surface area contributed by atoms with Gasteiger partial charge in [-0.3, -0.25) is 4.72 Å². The molecule has 0 aliphatic rings.